The van der Waals surface area contributed by atoms with Gasteiger partial charge >= 0.3 is 4.87 Å². The van der Waals surface area contributed by atoms with Crippen molar-refractivity contribution in [3.8, 4) is 0 Å². The van der Waals surface area contributed by atoms with Crippen LogP contribution in [0.3, 0.4) is 0 Å². The number of hydrogen-bond acceptors (Lipinski definition) is 4. The molecule has 0 saturated carbocycles. The van der Waals surface area contributed by atoms with E-state index in [2.05, 4.69) is 42.3 Å². The fourth-order valence-electron chi connectivity index (χ4n) is 4.22. The zero-order valence-electron chi connectivity index (χ0n) is 17.1. The molecule has 5 nitrogen and oxygen atoms in total. The lowest BCUT2D eigenvalue weighted by molar-refractivity contribution is -0.121. The Bertz CT molecular complexity index is 847. The molecule has 1 fully saturated rings. The van der Waals surface area contributed by atoms with Crippen LogP contribution in [0.25, 0.3) is 0 Å². The number of amides is 1. The van der Waals surface area contributed by atoms with Gasteiger partial charge in [-0.15, -0.1) is 0 Å². The van der Waals surface area contributed by atoms with Crippen molar-refractivity contribution in [3.05, 3.63) is 56.1 Å². The highest BCUT2D eigenvalue weighted by Gasteiger charge is 2.22. The number of carbonyl (C=O) groups excluding carboxylic acids is 1. The molecular formula is C22H31N3O2S. The van der Waals surface area contributed by atoms with Gasteiger partial charge in [-0.3, -0.25) is 14.5 Å². The van der Waals surface area contributed by atoms with E-state index in [-0.39, 0.29) is 10.8 Å². The van der Waals surface area contributed by atoms with Crippen molar-refractivity contribution in [2.24, 2.45) is 11.8 Å². The largest absolute Gasteiger partial charge is 0.352 e. The molecule has 1 aliphatic rings. The van der Waals surface area contributed by atoms with Crippen molar-refractivity contribution in [2.45, 2.75) is 53.2 Å². The minimum absolute atomic E-state index is 0.000587. The molecule has 28 heavy (non-hydrogen) atoms. The van der Waals surface area contributed by atoms with E-state index in [0.717, 1.165) is 37.2 Å². The molecule has 1 saturated heterocycles. The topological polar surface area (TPSA) is 54.3 Å². The molecule has 1 aromatic carbocycles. The Morgan fingerprint density at radius 1 is 1.18 bits per heavy atom. The Labute approximate surface area is 171 Å². The summed E-state index contributed by atoms with van der Waals surface area (Å²) in [6.45, 7) is 10.7. The van der Waals surface area contributed by atoms with Crippen LogP contribution >= 0.6 is 11.3 Å². The lowest BCUT2D eigenvalue weighted by Gasteiger charge is -2.35. The number of aryl methyl sites for hydroxylation is 1. The van der Waals surface area contributed by atoms with Gasteiger partial charge in [0.25, 0.3) is 0 Å². The van der Waals surface area contributed by atoms with Crippen molar-refractivity contribution >= 4 is 17.2 Å². The quantitative estimate of drug-likeness (QED) is 0.774. The maximum absolute atomic E-state index is 12.3. The lowest BCUT2D eigenvalue weighted by atomic mass is 9.91. The Kier molecular flexibility index (Phi) is 7.08. The minimum Gasteiger partial charge on any atom is -0.352 e. The van der Waals surface area contributed by atoms with Crippen LogP contribution < -0.4 is 10.2 Å². The van der Waals surface area contributed by atoms with Crippen LogP contribution in [0.1, 0.15) is 43.5 Å². The number of hydrogen-bond donors (Lipinski definition) is 1. The number of nitrogens with zero attached hydrogens (tertiary/aromatic N) is 2. The van der Waals surface area contributed by atoms with E-state index in [1.54, 1.807) is 4.57 Å². The maximum atomic E-state index is 12.3. The number of likely N-dealkylation sites (tertiary alicyclic amines) is 1. The van der Waals surface area contributed by atoms with Crippen LogP contribution in [0.4, 0.5) is 0 Å². The van der Waals surface area contributed by atoms with Crippen molar-refractivity contribution in [3.63, 3.8) is 0 Å². The van der Waals surface area contributed by atoms with Gasteiger partial charge in [0.15, 0.2) is 0 Å². The van der Waals surface area contributed by atoms with Crippen LogP contribution in [0.2, 0.25) is 0 Å². The summed E-state index contributed by atoms with van der Waals surface area (Å²) in [5.41, 5.74) is 3.37. The van der Waals surface area contributed by atoms with Crippen molar-refractivity contribution in [2.75, 3.05) is 13.1 Å². The normalized spacial score (nSPS) is 20.2. The molecule has 2 aromatic rings. The first kappa shape index (κ1) is 20.8. The molecule has 0 bridgehead atoms. The average molecular weight is 402 g/mol. The van der Waals surface area contributed by atoms with E-state index in [0.29, 0.717) is 19.5 Å². The molecular weight excluding hydrogens is 370 g/mol. The summed E-state index contributed by atoms with van der Waals surface area (Å²) in [5.74, 6) is 1.45. The third-order valence-corrected chi connectivity index (χ3v) is 6.35. The van der Waals surface area contributed by atoms with Crippen LogP contribution in [0.5, 0.6) is 0 Å². The molecule has 0 spiro atoms. The highest BCUT2D eigenvalue weighted by Crippen LogP contribution is 2.23. The first-order chi connectivity index (χ1) is 13.4. The molecule has 1 N–H and O–H groups in total. The Morgan fingerprint density at radius 3 is 2.50 bits per heavy atom. The van der Waals surface area contributed by atoms with Crippen LogP contribution in [-0.2, 0) is 24.4 Å². The molecule has 2 atom stereocenters. The number of thiazole rings is 1. The summed E-state index contributed by atoms with van der Waals surface area (Å²) in [7, 11) is 0. The summed E-state index contributed by atoms with van der Waals surface area (Å²) in [5, 5.41) is 4.86. The van der Waals surface area contributed by atoms with Gasteiger partial charge in [0.05, 0.1) is 0 Å². The van der Waals surface area contributed by atoms with E-state index >= 15 is 0 Å². The fraction of sp³-hybridized carbons (Fsp3) is 0.545. The second kappa shape index (κ2) is 9.52. The molecule has 1 aliphatic heterocycles. The molecule has 2 heterocycles. The lowest BCUT2D eigenvalue weighted by Crippen LogP contribution is -2.38. The van der Waals surface area contributed by atoms with E-state index in [9.17, 15) is 9.59 Å². The van der Waals surface area contributed by atoms with Crippen LogP contribution in [0, 0.1) is 18.8 Å². The Morgan fingerprint density at radius 2 is 1.86 bits per heavy atom. The SMILES string of the molecule is Cc1csc(=O)n1CCC(=O)NCc1ccccc1CN1C[C@@H](C)C[C@H](C)C1. The number of aromatic nitrogens is 1. The number of rotatable bonds is 7. The Balaban J connectivity index is 1.54. The van der Waals surface area contributed by atoms with Gasteiger partial charge in [0.2, 0.25) is 5.91 Å². The molecule has 1 aromatic heterocycles. The van der Waals surface area contributed by atoms with Gasteiger partial charge in [-0.2, -0.15) is 0 Å². The third-order valence-electron chi connectivity index (χ3n) is 5.47. The predicted octanol–water partition coefficient (Wildman–Crippen LogP) is 3.40. The first-order valence-corrected chi connectivity index (χ1v) is 11.0. The summed E-state index contributed by atoms with van der Waals surface area (Å²) in [6, 6.07) is 8.36. The molecule has 3 rings (SSSR count). The summed E-state index contributed by atoms with van der Waals surface area (Å²) < 4.78 is 1.66. The van der Waals surface area contributed by atoms with E-state index in [4.69, 9.17) is 0 Å². The van der Waals surface area contributed by atoms with Crippen LogP contribution in [0.15, 0.2) is 34.4 Å². The molecule has 0 radical (unpaired) electrons. The summed E-state index contributed by atoms with van der Waals surface area (Å²) in [4.78, 5) is 26.6. The second-order valence-corrected chi connectivity index (χ2v) is 9.05. The van der Waals surface area contributed by atoms with Gasteiger partial charge in [-0.25, -0.2) is 0 Å². The summed E-state index contributed by atoms with van der Waals surface area (Å²) in [6.07, 6.45) is 1.63. The fourth-order valence-corrected chi connectivity index (χ4v) is 4.98. The zero-order chi connectivity index (χ0) is 20.1. The summed E-state index contributed by atoms with van der Waals surface area (Å²) >= 11 is 1.18. The van der Waals surface area contributed by atoms with Crippen molar-refractivity contribution in [1.29, 1.82) is 0 Å². The number of carbonyl (C=O) groups is 1. The van der Waals surface area contributed by atoms with Gasteiger partial charge < -0.3 is 9.88 Å². The smallest absolute Gasteiger partial charge is 0.307 e. The predicted molar refractivity (Wildman–Crippen MR) is 114 cm³/mol. The standard InChI is InChI=1S/C22H31N3O2S/c1-16-10-17(2)13-24(12-16)14-20-7-5-4-6-19(20)11-23-21(26)8-9-25-18(3)15-28-22(25)27/h4-7,15-17H,8-14H2,1-3H3,(H,23,26)/t16-,17-/m0/s1. The molecule has 6 heteroatoms. The van der Waals surface area contributed by atoms with Gasteiger partial charge in [-0.05, 0) is 36.3 Å². The van der Waals surface area contributed by atoms with Gasteiger partial charge in [-0.1, -0.05) is 49.4 Å². The monoisotopic (exact) mass is 401 g/mol. The second-order valence-electron chi connectivity index (χ2n) is 8.23. The van der Waals surface area contributed by atoms with E-state index in [1.165, 1.54) is 28.9 Å². The third kappa shape index (κ3) is 5.55. The number of nitrogens with one attached hydrogen (secondary N) is 1. The molecule has 1 amide bonds. The minimum atomic E-state index is -0.0208. The maximum Gasteiger partial charge on any atom is 0.307 e. The van der Waals surface area contributed by atoms with Crippen molar-refractivity contribution < 1.29 is 4.79 Å². The molecule has 152 valence electrons. The molecule has 0 unspecified atom stereocenters. The van der Waals surface area contributed by atoms with Crippen molar-refractivity contribution in [1.82, 2.24) is 14.8 Å². The Hall–Kier alpha value is -1.92. The van der Waals surface area contributed by atoms with Gasteiger partial charge in [0.1, 0.15) is 0 Å². The molecule has 0 aliphatic carbocycles. The average Bonchev–Trinajstić information content (AvgIpc) is 2.96. The van der Waals surface area contributed by atoms with Crippen LogP contribution in [-0.4, -0.2) is 28.5 Å². The highest BCUT2D eigenvalue weighted by atomic mass is 32.1. The van der Waals surface area contributed by atoms with E-state index < -0.39 is 0 Å². The van der Waals surface area contributed by atoms with E-state index in [1.807, 2.05) is 18.4 Å². The van der Waals surface area contributed by atoms with Gasteiger partial charge in [0, 0.05) is 50.2 Å². The highest BCUT2D eigenvalue weighted by molar-refractivity contribution is 7.07. The zero-order valence-corrected chi connectivity index (χ0v) is 17.9. The number of piperidine rings is 1. The number of benzene rings is 1. The first-order valence-electron chi connectivity index (χ1n) is 10.1.